The predicted octanol–water partition coefficient (Wildman–Crippen LogP) is 3.35. The van der Waals surface area contributed by atoms with Gasteiger partial charge in [-0.15, -0.1) is 0 Å². The molecule has 19 heavy (non-hydrogen) atoms. The zero-order valence-corrected chi connectivity index (χ0v) is 10.2. The molecule has 7 heteroatoms. The molecule has 1 amide bonds. The van der Waals surface area contributed by atoms with Crippen molar-refractivity contribution < 1.29 is 27.1 Å². The molecule has 1 aromatic carbocycles. The molecule has 0 N–H and O–H groups in total. The number of carbonyl (C=O) groups excluding carboxylic acids is 1. The zero-order valence-electron chi connectivity index (χ0n) is 10.2. The van der Waals surface area contributed by atoms with Crippen molar-refractivity contribution in [3.05, 3.63) is 35.6 Å². The van der Waals surface area contributed by atoms with Crippen molar-refractivity contribution in [1.82, 2.24) is 4.90 Å². The Morgan fingerprint density at radius 2 is 2.05 bits per heavy atom. The normalized spacial score (nSPS) is 11.2. The number of carbonyl (C=O) groups is 1. The van der Waals surface area contributed by atoms with Crippen molar-refractivity contribution in [1.29, 1.82) is 0 Å². The van der Waals surface area contributed by atoms with E-state index < -0.39 is 24.7 Å². The second-order valence-electron chi connectivity index (χ2n) is 3.81. The summed E-state index contributed by atoms with van der Waals surface area (Å²) < 4.78 is 52.8. The van der Waals surface area contributed by atoms with Crippen LogP contribution in [-0.2, 0) is 11.3 Å². The molecule has 106 valence electrons. The van der Waals surface area contributed by atoms with Crippen molar-refractivity contribution in [3.63, 3.8) is 0 Å². The van der Waals surface area contributed by atoms with Crippen LogP contribution in [0.3, 0.4) is 0 Å². The van der Waals surface area contributed by atoms with Crippen LogP contribution < -0.4 is 0 Å². The molecular weight excluding hydrogens is 266 g/mol. The third-order valence-electron chi connectivity index (χ3n) is 2.26. The lowest BCUT2D eigenvalue weighted by atomic mass is 10.2. The molecule has 0 saturated heterocycles. The predicted molar refractivity (Wildman–Crippen MR) is 59.9 cm³/mol. The van der Waals surface area contributed by atoms with Gasteiger partial charge in [-0.3, -0.25) is 0 Å². The van der Waals surface area contributed by atoms with Gasteiger partial charge in [0.1, 0.15) is 5.82 Å². The number of halogens is 4. The van der Waals surface area contributed by atoms with Gasteiger partial charge in [-0.1, -0.05) is 12.1 Å². The Bertz CT molecular complexity index is 434. The SMILES string of the molecule is CCN(Cc1cccc(F)c1)C(=O)OCC(F)(F)F. The van der Waals surface area contributed by atoms with E-state index in [9.17, 15) is 22.4 Å². The van der Waals surface area contributed by atoms with E-state index in [1.165, 1.54) is 18.2 Å². The van der Waals surface area contributed by atoms with Gasteiger partial charge in [0.15, 0.2) is 6.61 Å². The Hall–Kier alpha value is -1.79. The molecular formula is C12H13F4NO2. The first-order valence-electron chi connectivity index (χ1n) is 5.54. The molecule has 0 saturated carbocycles. The Morgan fingerprint density at radius 1 is 1.37 bits per heavy atom. The maximum atomic E-state index is 12.9. The van der Waals surface area contributed by atoms with E-state index >= 15 is 0 Å². The first kappa shape index (κ1) is 15.3. The topological polar surface area (TPSA) is 29.5 Å². The van der Waals surface area contributed by atoms with Crippen LogP contribution in [-0.4, -0.2) is 30.3 Å². The van der Waals surface area contributed by atoms with Crippen molar-refractivity contribution >= 4 is 6.09 Å². The van der Waals surface area contributed by atoms with Gasteiger partial charge in [-0.05, 0) is 24.6 Å². The lowest BCUT2D eigenvalue weighted by Gasteiger charge is -2.20. The minimum atomic E-state index is -4.56. The molecule has 0 atom stereocenters. The Morgan fingerprint density at radius 3 is 2.58 bits per heavy atom. The van der Waals surface area contributed by atoms with Gasteiger partial charge in [-0.2, -0.15) is 13.2 Å². The van der Waals surface area contributed by atoms with E-state index in [4.69, 9.17) is 0 Å². The fourth-order valence-electron chi connectivity index (χ4n) is 1.40. The quantitative estimate of drug-likeness (QED) is 0.791. The molecule has 0 aliphatic heterocycles. The number of rotatable bonds is 4. The van der Waals surface area contributed by atoms with Crippen LogP contribution in [0.25, 0.3) is 0 Å². The van der Waals surface area contributed by atoms with Crippen LogP contribution in [0.5, 0.6) is 0 Å². The molecule has 0 unspecified atom stereocenters. The van der Waals surface area contributed by atoms with Crippen molar-refractivity contribution in [2.24, 2.45) is 0 Å². The van der Waals surface area contributed by atoms with Crippen LogP contribution in [0.2, 0.25) is 0 Å². The summed E-state index contributed by atoms with van der Waals surface area (Å²) in [6, 6.07) is 5.48. The molecule has 1 aromatic rings. The summed E-state index contributed by atoms with van der Waals surface area (Å²) in [5.74, 6) is -0.475. The average molecular weight is 279 g/mol. The molecule has 3 nitrogen and oxygen atoms in total. The van der Waals surface area contributed by atoms with Gasteiger partial charge in [0.2, 0.25) is 0 Å². The summed E-state index contributed by atoms with van der Waals surface area (Å²) in [6.07, 6.45) is -5.64. The first-order valence-corrected chi connectivity index (χ1v) is 5.54. The third-order valence-corrected chi connectivity index (χ3v) is 2.26. The third kappa shape index (κ3) is 5.58. The van der Waals surface area contributed by atoms with E-state index in [1.54, 1.807) is 13.0 Å². The highest BCUT2D eigenvalue weighted by molar-refractivity contribution is 5.67. The standard InChI is InChI=1S/C12H13F4NO2/c1-2-17(11(18)19-8-12(14,15)16)7-9-4-3-5-10(13)6-9/h3-6H,2,7-8H2,1H3. The Balaban J connectivity index is 2.60. The van der Waals surface area contributed by atoms with Crippen molar-refractivity contribution in [3.8, 4) is 0 Å². The molecule has 0 fully saturated rings. The van der Waals surface area contributed by atoms with E-state index in [2.05, 4.69) is 4.74 Å². The van der Waals surface area contributed by atoms with Gasteiger partial charge in [-0.25, -0.2) is 9.18 Å². The lowest BCUT2D eigenvalue weighted by Crippen LogP contribution is -2.33. The van der Waals surface area contributed by atoms with Gasteiger partial charge in [0.25, 0.3) is 0 Å². The Labute approximate surface area is 107 Å². The Kier molecular flexibility index (Phi) is 5.14. The smallest absolute Gasteiger partial charge is 0.422 e. The summed E-state index contributed by atoms with van der Waals surface area (Å²) in [5.41, 5.74) is 0.478. The van der Waals surface area contributed by atoms with Crippen LogP contribution in [0.4, 0.5) is 22.4 Å². The number of hydrogen-bond acceptors (Lipinski definition) is 2. The number of hydrogen-bond donors (Lipinski definition) is 0. The van der Waals surface area contributed by atoms with E-state index in [1.807, 2.05) is 0 Å². The molecule has 0 aromatic heterocycles. The highest BCUT2D eigenvalue weighted by atomic mass is 19.4. The number of nitrogens with zero attached hydrogens (tertiary/aromatic N) is 1. The van der Waals surface area contributed by atoms with Crippen LogP contribution >= 0.6 is 0 Å². The van der Waals surface area contributed by atoms with Gasteiger partial charge >= 0.3 is 12.3 Å². The van der Waals surface area contributed by atoms with Crippen LogP contribution in [0, 0.1) is 5.82 Å². The zero-order chi connectivity index (χ0) is 14.5. The summed E-state index contributed by atoms with van der Waals surface area (Å²) >= 11 is 0. The number of ether oxygens (including phenoxy) is 1. The van der Waals surface area contributed by atoms with Crippen LogP contribution in [0.15, 0.2) is 24.3 Å². The fourth-order valence-corrected chi connectivity index (χ4v) is 1.40. The molecule has 0 aliphatic rings. The number of alkyl halides is 3. The maximum Gasteiger partial charge on any atom is 0.422 e. The molecule has 0 spiro atoms. The largest absolute Gasteiger partial charge is 0.440 e. The second-order valence-corrected chi connectivity index (χ2v) is 3.81. The van der Waals surface area contributed by atoms with Crippen molar-refractivity contribution in [2.75, 3.05) is 13.2 Å². The fraction of sp³-hybridized carbons (Fsp3) is 0.417. The van der Waals surface area contributed by atoms with E-state index in [0.29, 0.717) is 5.56 Å². The van der Waals surface area contributed by atoms with E-state index in [-0.39, 0.29) is 13.1 Å². The van der Waals surface area contributed by atoms with Gasteiger partial charge in [0, 0.05) is 13.1 Å². The molecule has 0 aliphatic carbocycles. The monoisotopic (exact) mass is 279 g/mol. The van der Waals surface area contributed by atoms with Gasteiger partial charge < -0.3 is 9.64 Å². The highest BCUT2D eigenvalue weighted by Crippen LogP contribution is 2.16. The van der Waals surface area contributed by atoms with Crippen LogP contribution in [0.1, 0.15) is 12.5 Å². The molecule has 0 heterocycles. The summed E-state index contributed by atoms with van der Waals surface area (Å²) in [4.78, 5) is 12.5. The van der Waals surface area contributed by atoms with E-state index in [0.717, 1.165) is 4.90 Å². The molecule has 0 bridgehead atoms. The second kappa shape index (κ2) is 6.40. The van der Waals surface area contributed by atoms with Gasteiger partial charge in [0.05, 0.1) is 0 Å². The summed E-state index contributed by atoms with van der Waals surface area (Å²) in [6.45, 7) is 0.109. The number of benzene rings is 1. The minimum Gasteiger partial charge on any atom is -0.440 e. The molecule has 0 radical (unpaired) electrons. The lowest BCUT2D eigenvalue weighted by molar-refractivity contribution is -0.162. The minimum absolute atomic E-state index is 0.00898. The summed E-state index contributed by atoms with van der Waals surface area (Å²) in [5, 5.41) is 0. The first-order chi connectivity index (χ1) is 8.81. The van der Waals surface area contributed by atoms with Crippen molar-refractivity contribution in [2.45, 2.75) is 19.6 Å². The summed E-state index contributed by atoms with van der Waals surface area (Å²) in [7, 11) is 0. The number of amides is 1. The highest BCUT2D eigenvalue weighted by Gasteiger charge is 2.30. The average Bonchev–Trinajstić information content (AvgIpc) is 2.32. The maximum absolute atomic E-state index is 12.9. The molecule has 1 rings (SSSR count).